The average molecular weight is 352 g/mol. The number of rotatable bonds is 3. The molecule has 0 saturated heterocycles. The van der Waals surface area contributed by atoms with Crippen LogP contribution in [-0.4, -0.2) is 25.9 Å². The van der Waals surface area contributed by atoms with Gasteiger partial charge in [-0.1, -0.05) is 6.08 Å². The number of furan rings is 1. The van der Waals surface area contributed by atoms with Crippen LogP contribution in [0.2, 0.25) is 0 Å². The minimum atomic E-state index is 0.131. The van der Waals surface area contributed by atoms with Gasteiger partial charge >= 0.3 is 0 Å². The van der Waals surface area contributed by atoms with Crippen LogP contribution in [0.4, 0.5) is 0 Å². The molecule has 3 aromatic rings. The highest BCUT2D eigenvalue weighted by Gasteiger charge is 2.20. The summed E-state index contributed by atoms with van der Waals surface area (Å²) < 4.78 is 22.6. The van der Waals surface area contributed by atoms with Gasteiger partial charge in [-0.25, -0.2) is 0 Å². The van der Waals surface area contributed by atoms with Gasteiger partial charge in [-0.3, -0.25) is 0 Å². The van der Waals surface area contributed by atoms with Crippen molar-refractivity contribution in [3.63, 3.8) is 0 Å². The van der Waals surface area contributed by atoms with Crippen LogP contribution < -0.4 is 14.2 Å². The molecule has 0 bridgehead atoms. The monoisotopic (exact) mass is 352 g/mol. The Morgan fingerprint density at radius 3 is 2.42 bits per heavy atom. The highest BCUT2D eigenvalue weighted by Crippen LogP contribution is 2.42. The summed E-state index contributed by atoms with van der Waals surface area (Å²) in [6, 6.07) is 9.17. The second-order valence-corrected chi connectivity index (χ2v) is 6.38. The van der Waals surface area contributed by atoms with Crippen molar-refractivity contribution in [2.24, 2.45) is 0 Å². The third-order valence-electron chi connectivity index (χ3n) is 4.57. The standard InChI is InChI=1S/C21H20O5/c1-12-4-5-17-20-14(8-18(22)21(17)25-11-12)9-19(26-20)13-6-15(23-2)10-16(7-13)24-3/h4,6-10,22H,5,11H2,1-3H3. The second kappa shape index (κ2) is 6.33. The van der Waals surface area contributed by atoms with Gasteiger partial charge in [-0.05, 0) is 43.2 Å². The Morgan fingerprint density at radius 2 is 1.73 bits per heavy atom. The van der Waals surface area contributed by atoms with E-state index in [0.29, 0.717) is 36.0 Å². The van der Waals surface area contributed by atoms with Gasteiger partial charge in [0.15, 0.2) is 11.5 Å². The van der Waals surface area contributed by atoms with Crippen LogP contribution in [-0.2, 0) is 6.42 Å². The zero-order valence-electron chi connectivity index (χ0n) is 15.0. The minimum absolute atomic E-state index is 0.131. The molecule has 0 spiro atoms. The van der Waals surface area contributed by atoms with E-state index in [2.05, 4.69) is 6.08 Å². The Labute approximate surface area is 151 Å². The van der Waals surface area contributed by atoms with Crippen LogP contribution in [0.25, 0.3) is 22.3 Å². The van der Waals surface area contributed by atoms with E-state index in [-0.39, 0.29) is 5.75 Å². The summed E-state index contributed by atoms with van der Waals surface area (Å²) in [6.45, 7) is 2.48. The first-order chi connectivity index (χ1) is 12.6. The Kier molecular flexibility index (Phi) is 3.99. The summed E-state index contributed by atoms with van der Waals surface area (Å²) >= 11 is 0. The molecule has 1 N–H and O–H groups in total. The number of phenols is 1. The molecule has 0 aliphatic carbocycles. The molecular weight excluding hydrogens is 332 g/mol. The van der Waals surface area contributed by atoms with E-state index in [4.69, 9.17) is 18.6 Å². The number of benzene rings is 2. The van der Waals surface area contributed by atoms with Gasteiger partial charge in [-0.15, -0.1) is 0 Å². The molecule has 0 unspecified atom stereocenters. The van der Waals surface area contributed by atoms with Crippen molar-refractivity contribution >= 4 is 11.0 Å². The van der Waals surface area contributed by atoms with Crippen LogP contribution >= 0.6 is 0 Å². The SMILES string of the molecule is COc1cc(OC)cc(-c2cc3cc(O)c4c(c3o2)CC=C(C)CO4)c1. The van der Waals surface area contributed by atoms with E-state index >= 15 is 0 Å². The highest BCUT2D eigenvalue weighted by atomic mass is 16.5. The third kappa shape index (κ3) is 2.75. The molecule has 0 saturated carbocycles. The van der Waals surface area contributed by atoms with E-state index < -0.39 is 0 Å². The number of allylic oxidation sites excluding steroid dienone is 1. The number of methoxy groups -OCH3 is 2. The minimum Gasteiger partial charge on any atom is -0.504 e. The molecule has 0 amide bonds. The van der Waals surface area contributed by atoms with Crippen LogP contribution in [0.1, 0.15) is 12.5 Å². The maximum absolute atomic E-state index is 10.4. The average Bonchev–Trinajstić information content (AvgIpc) is 2.97. The van der Waals surface area contributed by atoms with Gasteiger partial charge in [0.2, 0.25) is 0 Å². The Balaban J connectivity index is 1.89. The fourth-order valence-electron chi connectivity index (χ4n) is 3.18. The van der Waals surface area contributed by atoms with Gasteiger partial charge < -0.3 is 23.7 Å². The Hall–Kier alpha value is -3.08. The predicted octanol–water partition coefficient (Wildman–Crippen LogP) is 4.70. The third-order valence-corrected chi connectivity index (χ3v) is 4.57. The number of ether oxygens (including phenoxy) is 3. The first-order valence-corrected chi connectivity index (χ1v) is 8.39. The lowest BCUT2D eigenvalue weighted by Gasteiger charge is -2.10. The van der Waals surface area contributed by atoms with Gasteiger partial charge in [-0.2, -0.15) is 0 Å². The zero-order valence-corrected chi connectivity index (χ0v) is 15.0. The smallest absolute Gasteiger partial charge is 0.168 e. The van der Waals surface area contributed by atoms with Gasteiger partial charge in [0.1, 0.15) is 29.4 Å². The molecule has 2 aromatic carbocycles. The molecule has 1 aliphatic heterocycles. The molecule has 1 aliphatic rings. The molecule has 4 rings (SSSR count). The fraction of sp³-hybridized carbons (Fsp3) is 0.238. The van der Waals surface area contributed by atoms with Gasteiger partial charge in [0.25, 0.3) is 0 Å². The van der Waals surface area contributed by atoms with Crippen LogP contribution in [0, 0.1) is 0 Å². The summed E-state index contributed by atoms with van der Waals surface area (Å²) in [5.74, 6) is 2.67. The maximum Gasteiger partial charge on any atom is 0.168 e. The molecule has 0 radical (unpaired) electrons. The summed E-state index contributed by atoms with van der Waals surface area (Å²) in [7, 11) is 3.22. The van der Waals surface area contributed by atoms with Crippen molar-refractivity contribution < 1.29 is 23.7 Å². The van der Waals surface area contributed by atoms with E-state index in [1.807, 2.05) is 31.2 Å². The largest absolute Gasteiger partial charge is 0.504 e. The molecule has 5 heteroatoms. The lowest BCUT2D eigenvalue weighted by molar-refractivity contribution is 0.328. The summed E-state index contributed by atoms with van der Waals surface area (Å²) in [6.07, 6.45) is 2.75. The highest BCUT2D eigenvalue weighted by molar-refractivity contribution is 5.89. The first kappa shape index (κ1) is 16.4. The Morgan fingerprint density at radius 1 is 1.00 bits per heavy atom. The van der Waals surface area contributed by atoms with Crippen LogP contribution in [0.5, 0.6) is 23.0 Å². The summed E-state index contributed by atoms with van der Waals surface area (Å²) in [5, 5.41) is 11.2. The van der Waals surface area contributed by atoms with E-state index in [1.54, 1.807) is 20.3 Å². The quantitative estimate of drug-likeness (QED) is 0.692. The summed E-state index contributed by atoms with van der Waals surface area (Å²) in [5.41, 5.74) is 3.54. The molecule has 5 nitrogen and oxygen atoms in total. The topological polar surface area (TPSA) is 61.1 Å². The maximum atomic E-state index is 10.4. The van der Waals surface area contributed by atoms with Crippen molar-refractivity contribution in [3.8, 4) is 34.3 Å². The lowest BCUT2D eigenvalue weighted by Crippen LogP contribution is -1.98. The van der Waals surface area contributed by atoms with Crippen molar-refractivity contribution in [1.82, 2.24) is 0 Å². The second-order valence-electron chi connectivity index (χ2n) is 6.38. The van der Waals surface area contributed by atoms with E-state index in [9.17, 15) is 5.11 Å². The number of hydrogen-bond donors (Lipinski definition) is 1. The number of phenolic OH excluding ortho intramolecular Hbond substituents is 1. The first-order valence-electron chi connectivity index (χ1n) is 8.39. The molecule has 0 atom stereocenters. The Bertz CT molecular complexity index is 991. The van der Waals surface area contributed by atoms with Gasteiger partial charge in [0.05, 0.1) is 14.2 Å². The van der Waals surface area contributed by atoms with Crippen molar-refractivity contribution in [1.29, 1.82) is 0 Å². The van der Waals surface area contributed by atoms with Crippen LogP contribution in [0.15, 0.2) is 46.4 Å². The van der Waals surface area contributed by atoms with Crippen molar-refractivity contribution in [2.45, 2.75) is 13.3 Å². The molecule has 26 heavy (non-hydrogen) atoms. The van der Waals surface area contributed by atoms with Gasteiger partial charge in [0, 0.05) is 22.6 Å². The lowest BCUT2D eigenvalue weighted by atomic mass is 10.1. The molecular formula is C21H20O5. The van der Waals surface area contributed by atoms with E-state index in [0.717, 1.165) is 27.7 Å². The number of aromatic hydroxyl groups is 1. The predicted molar refractivity (Wildman–Crippen MR) is 99.4 cm³/mol. The molecule has 134 valence electrons. The van der Waals surface area contributed by atoms with Crippen molar-refractivity contribution in [3.05, 3.63) is 47.5 Å². The zero-order chi connectivity index (χ0) is 18.3. The van der Waals surface area contributed by atoms with Crippen LogP contribution in [0.3, 0.4) is 0 Å². The molecule has 0 fully saturated rings. The van der Waals surface area contributed by atoms with E-state index in [1.165, 1.54) is 0 Å². The molecule has 1 aromatic heterocycles. The summed E-state index contributed by atoms with van der Waals surface area (Å²) in [4.78, 5) is 0. The normalized spacial score (nSPS) is 13.6. The number of hydrogen-bond acceptors (Lipinski definition) is 5. The molecule has 2 heterocycles. The number of fused-ring (bicyclic) bond motifs is 3. The fourth-order valence-corrected chi connectivity index (χ4v) is 3.18. The van der Waals surface area contributed by atoms with Crippen molar-refractivity contribution in [2.75, 3.05) is 20.8 Å².